The van der Waals surface area contributed by atoms with Gasteiger partial charge in [0.15, 0.2) is 0 Å². The lowest BCUT2D eigenvalue weighted by Crippen LogP contribution is -2.20. The quantitative estimate of drug-likeness (QED) is 0.601. The van der Waals surface area contributed by atoms with E-state index in [2.05, 4.69) is 43.3 Å². The van der Waals surface area contributed by atoms with Gasteiger partial charge in [0.1, 0.15) is 12.4 Å². The van der Waals surface area contributed by atoms with Crippen LogP contribution in [0.5, 0.6) is 5.75 Å². The third kappa shape index (κ3) is 5.08. The number of benzene rings is 3. The van der Waals surface area contributed by atoms with Crippen molar-refractivity contribution in [1.29, 1.82) is 0 Å². The van der Waals surface area contributed by atoms with Gasteiger partial charge in [0.05, 0.1) is 6.10 Å². The normalized spacial score (nSPS) is 12.2. The lowest BCUT2D eigenvalue weighted by molar-refractivity contribution is 0.107. The van der Waals surface area contributed by atoms with E-state index in [1.807, 2.05) is 54.6 Å². The van der Waals surface area contributed by atoms with Crippen LogP contribution in [0.2, 0.25) is 0 Å². The van der Waals surface area contributed by atoms with Crippen molar-refractivity contribution in [3.05, 3.63) is 101 Å². The molecule has 0 bridgehead atoms. The van der Waals surface area contributed by atoms with E-state index in [1.54, 1.807) is 0 Å². The van der Waals surface area contributed by atoms with Crippen molar-refractivity contribution in [2.75, 3.05) is 6.61 Å². The number of ether oxygens (including phenoxy) is 1. The Bertz CT molecular complexity index is 839. The molecule has 1 N–H and O–H groups in total. The van der Waals surface area contributed by atoms with Gasteiger partial charge >= 0.3 is 0 Å². The average Bonchev–Trinajstić information content (AvgIpc) is 2.67. The zero-order chi connectivity index (χ0) is 18.2. The summed E-state index contributed by atoms with van der Waals surface area (Å²) >= 11 is 0. The molecule has 3 rings (SSSR count). The molecule has 0 saturated heterocycles. The van der Waals surface area contributed by atoms with Gasteiger partial charge in [-0.2, -0.15) is 0 Å². The van der Waals surface area contributed by atoms with E-state index in [9.17, 15) is 5.11 Å². The van der Waals surface area contributed by atoms with Crippen LogP contribution in [0.1, 0.15) is 22.3 Å². The molecule has 2 heteroatoms. The van der Waals surface area contributed by atoms with Crippen LogP contribution in [-0.4, -0.2) is 17.8 Å². The smallest absolute Gasteiger partial charge is 0.119 e. The molecule has 0 saturated carbocycles. The maximum Gasteiger partial charge on any atom is 0.119 e. The number of para-hydroxylation sites is 1. The summed E-state index contributed by atoms with van der Waals surface area (Å²) in [6.45, 7) is 2.38. The van der Waals surface area contributed by atoms with Gasteiger partial charge < -0.3 is 9.84 Å². The third-order valence-electron chi connectivity index (χ3n) is 4.30. The Morgan fingerprint density at radius 2 is 1.54 bits per heavy atom. The second-order valence-electron chi connectivity index (χ2n) is 6.37. The highest BCUT2D eigenvalue weighted by molar-refractivity contribution is 5.72. The average molecular weight is 344 g/mol. The van der Waals surface area contributed by atoms with Crippen molar-refractivity contribution < 1.29 is 9.84 Å². The molecule has 0 aliphatic rings. The van der Waals surface area contributed by atoms with Crippen molar-refractivity contribution in [3.63, 3.8) is 0 Å². The van der Waals surface area contributed by atoms with E-state index in [4.69, 9.17) is 4.74 Å². The monoisotopic (exact) mass is 344 g/mol. The molecular formula is C24H24O2. The number of hydrogen-bond acceptors (Lipinski definition) is 2. The van der Waals surface area contributed by atoms with Crippen LogP contribution in [0, 0.1) is 6.92 Å². The van der Waals surface area contributed by atoms with E-state index >= 15 is 0 Å². The lowest BCUT2D eigenvalue weighted by atomic mass is 9.96. The minimum Gasteiger partial charge on any atom is -0.491 e. The number of aryl methyl sites for hydroxylation is 1. The summed E-state index contributed by atoms with van der Waals surface area (Å²) in [4.78, 5) is 0. The molecule has 3 aromatic rings. The van der Waals surface area contributed by atoms with Gasteiger partial charge in [-0.15, -0.1) is 0 Å². The molecule has 0 aromatic heterocycles. The van der Waals surface area contributed by atoms with Gasteiger partial charge in [-0.1, -0.05) is 78.9 Å². The molecule has 2 nitrogen and oxygen atoms in total. The second-order valence-corrected chi connectivity index (χ2v) is 6.37. The SMILES string of the molecule is Cc1cccc(CC(O)COc2ccccc2)c1/C=C/c1ccccc1. The highest BCUT2D eigenvalue weighted by Crippen LogP contribution is 2.20. The van der Waals surface area contributed by atoms with Crippen LogP contribution in [-0.2, 0) is 6.42 Å². The predicted octanol–water partition coefficient (Wildman–Crippen LogP) is 5.15. The first-order valence-electron chi connectivity index (χ1n) is 8.90. The number of aliphatic hydroxyl groups is 1. The summed E-state index contributed by atoms with van der Waals surface area (Å²) in [5, 5.41) is 10.4. The summed E-state index contributed by atoms with van der Waals surface area (Å²) in [5.74, 6) is 0.778. The Kier molecular flexibility index (Phi) is 6.24. The van der Waals surface area contributed by atoms with Crippen LogP contribution in [0.4, 0.5) is 0 Å². The van der Waals surface area contributed by atoms with E-state index in [0.717, 1.165) is 22.4 Å². The van der Waals surface area contributed by atoms with Gasteiger partial charge in [0.25, 0.3) is 0 Å². The van der Waals surface area contributed by atoms with Crippen molar-refractivity contribution in [3.8, 4) is 5.75 Å². The molecule has 0 spiro atoms. The Morgan fingerprint density at radius 1 is 0.846 bits per heavy atom. The van der Waals surface area contributed by atoms with Crippen molar-refractivity contribution in [2.24, 2.45) is 0 Å². The molecule has 1 atom stereocenters. The van der Waals surface area contributed by atoms with Crippen LogP contribution >= 0.6 is 0 Å². The lowest BCUT2D eigenvalue weighted by Gasteiger charge is -2.15. The largest absolute Gasteiger partial charge is 0.491 e. The number of rotatable bonds is 7. The fraction of sp³-hybridized carbons (Fsp3) is 0.167. The van der Waals surface area contributed by atoms with Gasteiger partial charge in [-0.25, -0.2) is 0 Å². The highest BCUT2D eigenvalue weighted by atomic mass is 16.5. The molecule has 3 aromatic carbocycles. The summed E-state index contributed by atoms with van der Waals surface area (Å²) < 4.78 is 5.67. The Hall–Kier alpha value is -2.84. The minimum atomic E-state index is -0.555. The molecule has 0 radical (unpaired) electrons. The first-order chi connectivity index (χ1) is 12.7. The van der Waals surface area contributed by atoms with Gasteiger partial charge in [-0.3, -0.25) is 0 Å². The fourth-order valence-electron chi connectivity index (χ4n) is 2.92. The van der Waals surface area contributed by atoms with Crippen molar-refractivity contribution in [2.45, 2.75) is 19.4 Å². The maximum atomic E-state index is 10.4. The summed E-state index contributed by atoms with van der Waals surface area (Å²) in [6.07, 6.45) is 4.24. The van der Waals surface area contributed by atoms with Crippen molar-refractivity contribution >= 4 is 12.2 Å². The highest BCUT2D eigenvalue weighted by Gasteiger charge is 2.10. The summed E-state index contributed by atoms with van der Waals surface area (Å²) in [6, 6.07) is 26.0. The topological polar surface area (TPSA) is 29.5 Å². The number of hydrogen-bond donors (Lipinski definition) is 1. The molecule has 0 heterocycles. The first-order valence-corrected chi connectivity index (χ1v) is 8.90. The predicted molar refractivity (Wildman–Crippen MR) is 108 cm³/mol. The van der Waals surface area contributed by atoms with E-state index in [-0.39, 0.29) is 6.61 Å². The number of aliphatic hydroxyl groups excluding tert-OH is 1. The fourth-order valence-corrected chi connectivity index (χ4v) is 2.92. The molecular weight excluding hydrogens is 320 g/mol. The Morgan fingerprint density at radius 3 is 2.27 bits per heavy atom. The molecule has 0 fully saturated rings. The van der Waals surface area contributed by atoms with Crippen LogP contribution in [0.3, 0.4) is 0 Å². The standard InChI is InChI=1S/C24H24O2/c1-19-9-8-12-21(24(19)16-15-20-10-4-2-5-11-20)17-22(25)18-26-23-13-6-3-7-14-23/h2-16,22,25H,17-18H2,1H3/b16-15+. The molecule has 26 heavy (non-hydrogen) atoms. The Balaban J connectivity index is 1.69. The second kappa shape index (κ2) is 9.02. The van der Waals surface area contributed by atoms with E-state index < -0.39 is 6.10 Å². The van der Waals surface area contributed by atoms with Gasteiger partial charge in [-0.05, 0) is 41.3 Å². The van der Waals surface area contributed by atoms with Crippen LogP contribution in [0.25, 0.3) is 12.2 Å². The molecule has 0 aliphatic carbocycles. The van der Waals surface area contributed by atoms with Crippen LogP contribution in [0.15, 0.2) is 78.9 Å². The van der Waals surface area contributed by atoms with Gasteiger partial charge in [0.2, 0.25) is 0 Å². The van der Waals surface area contributed by atoms with E-state index in [0.29, 0.717) is 6.42 Å². The molecule has 132 valence electrons. The van der Waals surface area contributed by atoms with Gasteiger partial charge in [0, 0.05) is 6.42 Å². The molecule has 0 amide bonds. The van der Waals surface area contributed by atoms with Crippen LogP contribution < -0.4 is 4.74 Å². The zero-order valence-corrected chi connectivity index (χ0v) is 15.0. The third-order valence-corrected chi connectivity index (χ3v) is 4.30. The first kappa shape index (κ1) is 18.0. The van der Waals surface area contributed by atoms with E-state index in [1.165, 1.54) is 5.56 Å². The Labute approximate surface area is 155 Å². The maximum absolute atomic E-state index is 10.4. The summed E-state index contributed by atoms with van der Waals surface area (Å²) in [5.41, 5.74) is 4.65. The zero-order valence-electron chi connectivity index (χ0n) is 15.0. The minimum absolute atomic E-state index is 0.278. The summed E-state index contributed by atoms with van der Waals surface area (Å²) in [7, 11) is 0. The molecule has 0 aliphatic heterocycles. The van der Waals surface area contributed by atoms with Crippen molar-refractivity contribution in [1.82, 2.24) is 0 Å². The molecule has 1 unspecified atom stereocenters.